The predicted molar refractivity (Wildman–Crippen MR) is 137 cm³/mol. The van der Waals surface area contributed by atoms with Gasteiger partial charge in [0.25, 0.3) is 11.8 Å². The largest absolute Gasteiger partial charge is 0.361 e. The number of nitrogens with one attached hydrogen (secondary N) is 2. The molecule has 0 aliphatic carbocycles. The van der Waals surface area contributed by atoms with E-state index in [1.165, 1.54) is 0 Å². The van der Waals surface area contributed by atoms with E-state index in [1.807, 2.05) is 55.3 Å². The number of rotatable bonds is 7. The van der Waals surface area contributed by atoms with Crippen LogP contribution in [-0.2, 0) is 9.59 Å². The van der Waals surface area contributed by atoms with Crippen LogP contribution in [0, 0.1) is 5.92 Å². The number of aromatic nitrogens is 1. The molecule has 0 saturated carbocycles. The van der Waals surface area contributed by atoms with Gasteiger partial charge in [-0.1, -0.05) is 36.4 Å². The third kappa shape index (κ3) is 5.45. The molecule has 0 bridgehead atoms. The Morgan fingerprint density at radius 1 is 1.06 bits per heavy atom. The van der Waals surface area contributed by atoms with Crippen molar-refractivity contribution in [3.8, 4) is 0 Å². The van der Waals surface area contributed by atoms with Crippen molar-refractivity contribution in [3.63, 3.8) is 0 Å². The number of fused-ring (bicyclic) bond motifs is 1. The summed E-state index contributed by atoms with van der Waals surface area (Å²) in [6.07, 6.45) is 5.06. The van der Waals surface area contributed by atoms with E-state index in [0.717, 1.165) is 29.3 Å². The fourth-order valence-corrected chi connectivity index (χ4v) is 4.63. The number of nitrogens with zero attached hydrogens (tertiary/aromatic N) is 2. The summed E-state index contributed by atoms with van der Waals surface area (Å²) in [7, 11) is 0. The zero-order chi connectivity index (χ0) is 24.8. The topological polar surface area (TPSA) is 85.5 Å². The van der Waals surface area contributed by atoms with Crippen molar-refractivity contribution in [2.45, 2.75) is 26.7 Å². The van der Waals surface area contributed by atoms with E-state index in [1.54, 1.807) is 35.2 Å². The lowest BCUT2D eigenvalue weighted by atomic mass is 9.96. The molecule has 7 heteroatoms. The van der Waals surface area contributed by atoms with E-state index in [2.05, 4.69) is 10.3 Å². The highest BCUT2D eigenvalue weighted by atomic mass is 16.2. The first kappa shape index (κ1) is 24.3. The smallest absolute Gasteiger partial charge is 0.270 e. The van der Waals surface area contributed by atoms with Crippen LogP contribution in [0.4, 0.5) is 0 Å². The minimum Gasteiger partial charge on any atom is -0.361 e. The van der Waals surface area contributed by atoms with Crippen LogP contribution in [0.5, 0.6) is 0 Å². The molecule has 1 aliphatic rings. The van der Waals surface area contributed by atoms with Crippen molar-refractivity contribution >= 4 is 34.7 Å². The second kappa shape index (κ2) is 11.0. The maximum atomic E-state index is 13.7. The quantitative estimate of drug-likeness (QED) is 0.509. The number of para-hydroxylation sites is 1. The fraction of sp³-hybridized carbons (Fsp3) is 0.321. The number of likely N-dealkylation sites (tertiary alicyclic amines) is 1. The Balaban J connectivity index is 1.63. The van der Waals surface area contributed by atoms with Crippen molar-refractivity contribution in [1.29, 1.82) is 0 Å². The zero-order valence-corrected chi connectivity index (χ0v) is 20.3. The fourth-order valence-electron chi connectivity index (χ4n) is 4.63. The molecular formula is C28H32N4O3. The van der Waals surface area contributed by atoms with Crippen molar-refractivity contribution < 1.29 is 14.4 Å². The lowest BCUT2D eigenvalue weighted by Crippen LogP contribution is -2.48. The van der Waals surface area contributed by atoms with Crippen molar-refractivity contribution in [1.82, 2.24) is 20.1 Å². The molecule has 1 saturated heterocycles. The number of hydrogen-bond donors (Lipinski definition) is 2. The summed E-state index contributed by atoms with van der Waals surface area (Å²) < 4.78 is 0. The zero-order valence-electron chi connectivity index (χ0n) is 20.3. The number of carbonyl (C=O) groups excluding carboxylic acids is 3. The lowest BCUT2D eigenvalue weighted by molar-refractivity contribution is -0.139. The molecule has 4 rings (SSSR count). The lowest BCUT2D eigenvalue weighted by Gasteiger charge is -2.35. The van der Waals surface area contributed by atoms with Gasteiger partial charge in [0.05, 0.1) is 5.92 Å². The van der Waals surface area contributed by atoms with E-state index in [-0.39, 0.29) is 29.3 Å². The normalized spacial score (nSPS) is 16.2. The summed E-state index contributed by atoms with van der Waals surface area (Å²) in [4.78, 5) is 46.4. The number of H-pyrrole nitrogens is 1. The van der Waals surface area contributed by atoms with Crippen LogP contribution in [-0.4, -0.2) is 58.7 Å². The van der Waals surface area contributed by atoms with Crippen molar-refractivity contribution in [2.24, 2.45) is 5.92 Å². The Kier molecular flexibility index (Phi) is 7.65. The summed E-state index contributed by atoms with van der Waals surface area (Å²) in [6, 6.07) is 16.6. The first-order valence-electron chi connectivity index (χ1n) is 12.2. The van der Waals surface area contributed by atoms with Gasteiger partial charge >= 0.3 is 0 Å². The number of benzene rings is 2. The molecule has 2 N–H and O–H groups in total. The summed E-state index contributed by atoms with van der Waals surface area (Å²) >= 11 is 0. The molecule has 7 nitrogen and oxygen atoms in total. The summed E-state index contributed by atoms with van der Waals surface area (Å²) in [5.41, 5.74) is 2.42. The average molecular weight is 473 g/mol. The van der Waals surface area contributed by atoms with Crippen LogP contribution >= 0.6 is 0 Å². The molecule has 3 aromatic rings. The maximum Gasteiger partial charge on any atom is 0.270 e. The minimum absolute atomic E-state index is 0.0861. The average Bonchev–Trinajstić information content (AvgIpc) is 3.31. The van der Waals surface area contributed by atoms with Gasteiger partial charge in [0.15, 0.2) is 0 Å². The molecule has 0 radical (unpaired) electrons. The Morgan fingerprint density at radius 2 is 1.77 bits per heavy atom. The summed E-state index contributed by atoms with van der Waals surface area (Å²) in [5, 5.41) is 3.80. The van der Waals surface area contributed by atoms with Gasteiger partial charge in [-0.15, -0.1) is 0 Å². The standard InChI is InChI=1S/C28H32N4O3/c1-3-31(4-2)27(34)21-13-10-16-32(19-21)28(35)25(30-26(33)20-11-6-5-7-12-20)17-22-18-29-24-15-9-8-14-23(22)24/h5-9,11-12,14-15,17-18,21,29H,3-4,10,13,16,19H2,1-2H3,(H,30,33)/b25-17+/t21-/m1/s1. The van der Waals surface area contributed by atoms with Gasteiger partial charge in [0, 0.05) is 54.4 Å². The Bertz CT molecular complexity index is 1230. The Morgan fingerprint density at radius 3 is 2.51 bits per heavy atom. The molecule has 35 heavy (non-hydrogen) atoms. The van der Waals surface area contributed by atoms with E-state index in [0.29, 0.717) is 31.7 Å². The molecule has 3 amide bonds. The van der Waals surface area contributed by atoms with Gasteiger partial charge in [-0.3, -0.25) is 14.4 Å². The first-order valence-corrected chi connectivity index (χ1v) is 12.2. The van der Waals surface area contributed by atoms with Crippen LogP contribution in [0.2, 0.25) is 0 Å². The van der Waals surface area contributed by atoms with Crippen LogP contribution in [0.25, 0.3) is 17.0 Å². The summed E-state index contributed by atoms with van der Waals surface area (Å²) in [5.74, 6) is -0.774. The third-order valence-corrected chi connectivity index (χ3v) is 6.57. The Hall–Kier alpha value is -3.87. The van der Waals surface area contributed by atoms with E-state index < -0.39 is 0 Å². The van der Waals surface area contributed by atoms with Gasteiger partial charge in [0.2, 0.25) is 5.91 Å². The number of piperidine rings is 1. The predicted octanol–water partition coefficient (Wildman–Crippen LogP) is 4.05. The van der Waals surface area contributed by atoms with Crippen LogP contribution in [0.1, 0.15) is 42.6 Å². The van der Waals surface area contributed by atoms with Gasteiger partial charge in [-0.2, -0.15) is 0 Å². The number of aromatic amines is 1. The van der Waals surface area contributed by atoms with Gasteiger partial charge in [-0.25, -0.2) is 0 Å². The monoisotopic (exact) mass is 472 g/mol. The van der Waals surface area contributed by atoms with Gasteiger partial charge in [0.1, 0.15) is 5.70 Å². The molecular weight excluding hydrogens is 440 g/mol. The number of carbonyl (C=O) groups is 3. The van der Waals surface area contributed by atoms with Crippen LogP contribution in [0.3, 0.4) is 0 Å². The molecule has 0 unspecified atom stereocenters. The molecule has 1 aromatic heterocycles. The SMILES string of the molecule is CCN(CC)C(=O)[C@@H]1CCCN(C(=O)/C(=C\c2c[nH]c3ccccc23)NC(=O)c2ccccc2)C1. The molecule has 2 heterocycles. The maximum absolute atomic E-state index is 13.7. The minimum atomic E-state index is -0.349. The number of hydrogen-bond acceptors (Lipinski definition) is 3. The second-order valence-electron chi connectivity index (χ2n) is 8.77. The number of amides is 3. The second-order valence-corrected chi connectivity index (χ2v) is 8.77. The third-order valence-electron chi connectivity index (χ3n) is 6.57. The van der Waals surface area contributed by atoms with Crippen LogP contribution < -0.4 is 5.32 Å². The highest BCUT2D eigenvalue weighted by Gasteiger charge is 2.32. The first-order chi connectivity index (χ1) is 17.0. The highest BCUT2D eigenvalue weighted by Crippen LogP contribution is 2.23. The molecule has 182 valence electrons. The van der Waals surface area contributed by atoms with E-state index >= 15 is 0 Å². The van der Waals surface area contributed by atoms with Crippen LogP contribution in [0.15, 0.2) is 66.5 Å². The highest BCUT2D eigenvalue weighted by molar-refractivity contribution is 6.06. The van der Waals surface area contributed by atoms with Crippen molar-refractivity contribution in [2.75, 3.05) is 26.2 Å². The van der Waals surface area contributed by atoms with E-state index in [9.17, 15) is 14.4 Å². The van der Waals surface area contributed by atoms with Gasteiger partial charge in [-0.05, 0) is 51.0 Å². The van der Waals surface area contributed by atoms with Gasteiger partial charge < -0.3 is 20.1 Å². The molecule has 1 atom stereocenters. The molecule has 1 aliphatic heterocycles. The van der Waals surface area contributed by atoms with Crippen molar-refractivity contribution in [3.05, 3.63) is 77.6 Å². The Labute approximate surface area is 205 Å². The molecule has 1 fully saturated rings. The molecule has 2 aromatic carbocycles. The summed E-state index contributed by atoms with van der Waals surface area (Å²) in [6.45, 7) is 6.13. The molecule has 0 spiro atoms. The van der Waals surface area contributed by atoms with E-state index in [4.69, 9.17) is 0 Å².